The number of aromatic nitrogens is 1. The van der Waals surface area contributed by atoms with Crippen molar-refractivity contribution < 1.29 is 18.4 Å². The number of anilines is 1. The Morgan fingerprint density at radius 1 is 1.12 bits per heavy atom. The van der Waals surface area contributed by atoms with E-state index < -0.39 is 5.91 Å². The molecule has 0 spiro atoms. The molecule has 7 heteroatoms. The normalized spacial score (nSPS) is 13.9. The minimum Gasteiger partial charge on any atom is -0.454 e. The van der Waals surface area contributed by atoms with Gasteiger partial charge >= 0.3 is 0 Å². The number of carbonyl (C=O) groups is 2. The Labute approximate surface area is 193 Å². The molecule has 1 aliphatic rings. The van der Waals surface area contributed by atoms with E-state index in [1.165, 1.54) is 24.3 Å². The summed E-state index contributed by atoms with van der Waals surface area (Å²) >= 11 is 0. The van der Waals surface area contributed by atoms with Crippen molar-refractivity contribution in [2.75, 3.05) is 11.9 Å². The molecule has 2 amide bonds. The number of rotatable bonds is 9. The first-order chi connectivity index (χ1) is 16.0. The molecular weight excluding hydrogens is 421 g/mol. The maximum Gasteiger partial charge on any atom is 0.291 e. The molecule has 174 valence electrons. The number of nitrogens with zero attached hydrogens (tertiary/aromatic N) is 2. The number of nitrogens with one attached hydrogen (secondary N) is 1. The van der Waals surface area contributed by atoms with E-state index in [0.29, 0.717) is 24.5 Å². The molecule has 6 nitrogen and oxygen atoms in total. The SMILES string of the molecule is CCCN(Cc1cccn1Cc1ccc(C(=O)Nc2ccc(F)cc2)o1)C(=O)C1CCCC1. The van der Waals surface area contributed by atoms with Crippen LogP contribution >= 0.6 is 0 Å². The lowest BCUT2D eigenvalue weighted by atomic mass is 10.1. The average molecular weight is 452 g/mol. The fraction of sp³-hybridized carbons (Fsp3) is 0.385. The van der Waals surface area contributed by atoms with Gasteiger partial charge in [-0.2, -0.15) is 0 Å². The van der Waals surface area contributed by atoms with E-state index in [1.54, 1.807) is 12.1 Å². The third-order valence-electron chi connectivity index (χ3n) is 6.10. The van der Waals surface area contributed by atoms with Gasteiger partial charge in [0, 0.05) is 30.0 Å². The van der Waals surface area contributed by atoms with Crippen molar-refractivity contribution in [1.82, 2.24) is 9.47 Å². The zero-order valence-electron chi connectivity index (χ0n) is 18.9. The number of halogens is 1. The lowest BCUT2D eigenvalue weighted by molar-refractivity contribution is -0.136. The number of carbonyl (C=O) groups excluding carboxylic acids is 2. The molecule has 33 heavy (non-hydrogen) atoms. The molecule has 4 rings (SSSR count). The summed E-state index contributed by atoms with van der Waals surface area (Å²) in [5, 5.41) is 2.70. The van der Waals surface area contributed by atoms with Crippen molar-refractivity contribution in [2.24, 2.45) is 5.92 Å². The van der Waals surface area contributed by atoms with Gasteiger partial charge in [0.2, 0.25) is 5.91 Å². The summed E-state index contributed by atoms with van der Waals surface area (Å²) in [5.74, 6) is 0.495. The Kier molecular flexibility index (Phi) is 7.27. The maximum atomic E-state index is 13.1. The number of hydrogen-bond acceptors (Lipinski definition) is 3. The van der Waals surface area contributed by atoms with E-state index in [2.05, 4.69) is 12.2 Å². The molecule has 0 aliphatic heterocycles. The van der Waals surface area contributed by atoms with Gasteiger partial charge in [-0.15, -0.1) is 0 Å². The van der Waals surface area contributed by atoms with Crippen LogP contribution in [0, 0.1) is 11.7 Å². The fourth-order valence-electron chi connectivity index (χ4n) is 4.39. The highest BCUT2D eigenvalue weighted by Crippen LogP contribution is 2.27. The molecule has 3 aromatic rings. The maximum absolute atomic E-state index is 13.1. The van der Waals surface area contributed by atoms with Gasteiger partial charge in [0.25, 0.3) is 5.91 Å². The zero-order valence-corrected chi connectivity index (χ0v) is 18.9. The summed E-state index contributed by atoms with van der Waals surface area (Å²) < 4.78 is 20.9. The topological polar surface area (TPSA) is 67.5 Å². The van der Waals surface area contributed by atoms with E-state index in [-0.39, 0.29) is 23.4 Å². The smallest absolute Gasteiger partial charge is 0.291 e. The van der Waals surface area contributed by atoms with E-state index in [4.69, 9.17) is 4.42 Å². The van der Waals surface area contributed by atoms with Crippen LogP contribution in [0.3, 0.4) is 0 Å². The Balaban J connectivity index is 1.40. The number of amides is 2. The summed E-state index contributed by atoms with van der Waals surface area (Å²) in [6.07, 6.45) is 7.15. The summed E-state index contributed by atoms with van der Waals surface area (Å²) in [6.45, 7) is 3.86. The number of furan rings is 1. The van der Waals surface area contributed by atoms with Crippen molar-refractivity contribution in [1.29, 1.82) is 0 Å². The van der Waals surface area contributed by atoms with Gasteiger partial charge in [-0.25, -0.2) is 4.39 Å². The second kappa shape index (κ2) is 10.5. The Morgan fingerprint density at radius 3 is 2.61 bits per heavy atom. The Bertz CT molecular complexity index is 1080. The van der Waals surface area contributed by atoms with Crippen LogP contribution in [-0.4, -0.2) is 27.8 Å². The number of benzene rings is 1. The standard InChI is InChI=1S/C26H30FN3O3/c1-2-15-30(26(32)19-6-3-4-7-19)17-22-8-5-16-29(22)18-23-13-14-24(33-23)25(31)28-21-11-9-20(27)10-12-21/h5,8-14,16,19H,2-4,6-7,15,17-18H2,1H3,(H,28,31). The van der Waals surface area contributed by atoms with Crippen molar-refractivity contribution in [3.05, 3.63) is 77.8 Å². The highest BCUT2D eigenvalue weighted by molar-refractivity contribution is 6.02. The predicted octanol–water partition coefficient (Wildman–Crippen LogP) is 5.45. The number of hydrogen-bond donors (Lipinski definition) is 1. The highest BCUT2D eigenvalue weighted by Gasteiger charge is 2.27. The van der Waals surface area contributed by atoms with Crippen LogP contribution in [0.2, 0.25) is 0 Å². The largest absolute Gasteiger partial charge is 0.454 e. The molecule has 1 saturated carbocycles. The summed E-state index contributed by atoms with van der Waals surface area (Å²) in [5.41, 5.74) is 1.53. The molecule has 0 unspecified atom stereocenters. The third kappa shape index (κ3) is 5.72. The van der Waals surface area contributed by atoms with Crippen LogP contribution in [0.15, 0.2) is 59.1 Å². The van der Waals surface area contributed by atoms with Gasteiger partial charge in [0.1, 0.15) is 11.6 Å². The quantitative estimate of drug-likeness (QED) is 0.470. The van der Waals surface area contributed by atoms with Gasteiger partial charge in [0.05, 0.1) is 13.1 Å². The van der Waals surface area contributed by atoms with Gasteiger partial charge in [-0.05, 0) is 67.8 Å². The van der Waals surface area contributed by atoms with Crippen LogP contribution in [0.25, 0.3) is 0 Å². The van der Waals surface area contributed by atoms with Gasteiger partial charge in [0.15, 0.2) is 5.76 Å². The third-order valence-corrected chi connectivity index (χ3v) is 6.10. The molecule has 1 aromatic carbocycles. The minimum absolute atomic E-state index is 0.159. The van der Waals surface area contributed by atoms with E-state index >= 15 is 0 Å². The minimum atomic E-state index is -0.392. The summed E-state index contributed by atoms with van der Waals surface area (Å²) in [7, 11) is 0. The van der Waals surface area contributed by atoms with Crippen molar-refractivity contribution >= 4 is 17.5 Å². The molecule has 0 atom stereocenters. The van der Waals surface area contributed by atoms with Crippen LogP contribution in [-0.2, 0) is 17.9 Å². The van der Waals surface area contributed by atoms with E-state index in [0.717, 1.165) is 44.3 Å². The Morgan fingerprint density at radius 2 is 1.88 bits per heavy atom. The predicted molar refractivity (Wildman–Crippen MR) is 124 cm³/mol. The molecule has 1 fully saturated rings. The zero-order chi connectivity index (χ0) is 23.2. The van der Waals surface area contributed by atoms with E-state index in [9.17, 15) is 14.0 Å². The van der Waals surface area contributed by atoms with E-state index in [1.807, 2.05) is 27.8 Å². The second-order valence-electron chi connectivity index (χ2n) is 8.60. The monoisotopic (exact) mass is 451 g/mol. The average Bonchev–Trinajstić information content (AvgIpc) is 3.58. The van der Waals surface area contributed by atoms with Crippen molar-refractivity contribution in [3.63, 3.8) is 0 Å². The van der Waals surface area contributed by atoms with Gasteiger partial charge in [-0.3, -0.25) is 9.59 Å². The first kappa shape index (κ1) is 22.8. The lowest BCUT2D eigenvalue weighted by Crippen LogP contribution is -2.36. The fourth-order valence-corrected chi connectivity index (χ4v) is 4.39. The van der Waals surface area contributed by atoms with Crippen LogP contribution < -0.4 is 5.32 Å². The van der Waals surface area contributed by atoms with Crippen LogP contribution in [0.5, 0.6) is 0 Å². The molecule has 1 N–H and O–H groups in total. The van der Waals surface area contributed by atoms with Crippen molar-refractivity contribution in [3.8, 4) is 0 Å². The van der Waals surface area contributed by atoms with Crippen LogP contribution in [0.1, 0.15) is 61.0 Å². The molecule has 2 aromatic heterocycles. The molecule has 0 saturated heterocycles. The van der Waals surface area contributed by atoms with Crippen LogP contribution in [0.4, 0.5) is 10.1 Å². The first-order valence-electron chi connectivity index (χ1n) is 11.6. The second-order valence-corrected chi connectivity index (χ2v) is 8.60. The first-order valence-corrected chi connectivity index (χ1v) is 11.6. The van der Waals surface area contributed by atoms with Gasteiger partial charge < -0.3 is 19.2 Å². The highest BCUT2D eigenvalue weighted by atomic mass is 19.1. The lowest BCUT2D eigenvalue weighted by Gasteiger charge is -2.26. The van der Waals surface area contributed by atoms with Crippen molar-refractivity contribution in [2.45, 2.75) is 52.1 Å². The molecular formula is C26H30FN3O3. The Hall–Kier alpha value is -3.35. The summed E-state index contributed by atoms with van der Waals surface area (Å²) in [4.78, 5) is 27.4. The molecule has 1 aliphatic carbocycles. The molecule has 0 bridgehead atoms. The molecule has 2 heterocycles. The van der Waals surface area contributed by atoms with Gasteiger partial charge in [-0.1, -0.05) is 19.8 Å². The molecule has 0 radical (unpaired) electrons. The summed E-state index contributed by atoms with van der Waals surface area (Å²) in [6, 6.07) is 13.0.